The minimum Gasteiger partial charge on any atom is -0.466 e. The third kappa shape index (κ3) is 6.23. The van der Waals surface area contributed by atoms with Gasteiger partial charge >= 0.3 is 0 Å². The molecule has 8 nitrogen and oxygen atoms in total. The molecule has 2 aromatic heterocycles. The van der Waals surface area contributed by atoms with Crippen LogP contribution in [0, 0.1) is 13.8 Å². The zero-order valence-corrected chi connectivity index (χ0v) is 20.1. The second kappa shape index (κ2) is 10.8. The van der Waals surface area contributed by atoms with Crippen LogP contribution in [0.1, 0.15) is 43.4 Å². The first-order valence-corrected chi connectivity index (χ1v) is 11.6. The number of likely N-dealkylation sites (N-methyl/N-ethyl adjacent to an activating group) is 1. The van der Waals surface area contributed by atoms with Gasteiger partial charge in [0.05, 0.1) is 13.1 Å². The van der Waals surface area contributed by atoms with E-state index < -0.39 is 5.60 Å². The zero-order chi connectivity index (χ0) is 23.1. The topological polar surface area (TPSA) is 89.2 Å². The molecule has 1 aliphatic rings. The van der Waals surface area contributed by atoms with Crippen LogP contribution in [0.15, 0.2) is 33.8 Å². The normalized spacial score (nSPS) is 17.3. The Bertz CT molecular complexity index is 882. The Balaban J connectivity index is 1.58. The summed E-state index contributed by atoms with van der Waals surface area (Å²) in [5, 5.41) is 17.4. The molecular formula is C24H38N6O2. The number of piperazine rings is 1. The third-order valence-corrected chi connectivity index (χ3v) is 5.94. The Labute approximate surface area is 191 Å². The second-order valence-electron chi connectivity index (χ2n) is 8.60. The van der Waals surface area contributed by atoms with Gasteiger partial charge < -0.3 is 30.0 Å². The number of hydrogen-bond acceptors (Lipinski definition) is 6. The lowest BCUT2D eigenvalue weighted by Crippen LogP contribution is -2.46. The molecule has 2 aromatic rings. The molecule has 32 heavy (non-hydrogen) atoms. The van der Waals surface area contributed by atoms with Crippen molar-refractivity contribution in [3.05, 3.63) is 47.0 Å². The van der Waals surface area contributed by atoms with Gasteiger partial charge in [0, 0.05) is 44.5 Å². The first kappa shape index (κ1) is 24.1. The van der Waals surface area contributed by atoms with Gasteiger partial charge in [-0.1, -0.05) is 13.0 Å². The molecule has 1 atom stereocenters. The van der Waals surface area contributed by atoms with E-state index in [0.717, 1.165) is 67.7 Å². The standard InChI is InChI=1S/C24H38N6O2/c1-6-25-23(28-17-24(5,31)21-14-18(3)32-19(21)4)27-16-20-8-9-22(26-15-20)30-12-10-29(7-2)11-13-30/h8-9,14-15,31H,6-7,10-13,16-17H2,1-5H3,(H2,25,27,28). The van der Waals surface area contributed by atoms with Gasteiger partial charge in [0.15, 0.2) is 5.96 Å². The van der Waals surface area contributed by atoms with Crippen molar-refractivity contribution in [2.24, 2.45) is 4.99 Å². The predicted molar refractivity (Wildman–Crippen MR) is 129 cm³/mol. The number of aliphatic hydroxyl groups is 1. The fraction of sp³-hybridized carbons (Fsp3) is 0.583. The van der Waals surface area contributed by atoms with Crippen molar-refractivity contribution in [3.8, 4) is 0 Å². The average molecular weight is 443 g/mol. The summed E-state index contributed by atoms with van der Waals surface area (Å²) in [5.41, 5.74) is 0.771. The molecule has 3 N–H and O–H groups in total. The number of hydrogen-bond donors (Lipinski definition) is 3. The number of pyridine rings is 1. The minimum atomic E-state index is -1.07. The Hall–Kier alpha value is -2.58. The van der Waals surface area contributed by atoms with Crippen LogP contribution in [0.4, 0.5) is 5.82 Å². The highest BCUT2D eigenvalue weighted by Gasteiger charge is 2.28. The van der Waals surface area contributed by atoms with Crippen LogP contribution in [0.5, 0.6) is 0 Å². The monoisotopic (exact) mass is 442 g/mol. The summed E-state index contributed by atoms with van der Waals surface area (Å²) < 4.78 is 5.58. The summed E-state index contributed by atoms with van der Waals surface area (Å²) in [6.07, 6.45) is 1.91. The van der Waals surface area contributed by atoms with Gasteiger partial charge in [-0.25, -0.2) is 9.98 Å². The van der Waals surface area contributed by atoms with Crippen molar-refractivity contribution in [2.75, 3.05) is 50.7 Å². The summed E-state index contributed by atoms with van der Waals surface area (Å²) in [5.74, 6) is 3.21. The molecule has 1 saturated heterocycles. The smallest absolute Gasteiger partial charge is 0.191 e. The maximum atomic E-state index is 10.9. The summed E-state index contributed by atoms with van der Waals surface area (Å²) in [7, 11) is 0. The molecule has 0 aromatic carbocycles. The fourth-order valence-electron chi connectivity index (χ4n) is 4.02. The third-order valence-electron chi connectivity index (χ3n) is 5.94. The molecule has 0 radical (unpaired) electrons. The van der Waals surface area contributed by atoms with Crippen molar-refractivity contribution in [1.82, 2.24) is 20.5 Å². The van der Waals surface area contributed by atoms with Gasteiger partial charge in [0.25, 0.3) is 0 Å². The molecule has 8 heteroatoms. The molecule has 0 bridgehead atoms. The van der Waals surface area contributed by atoms with E-state index in [1.807, 2.05) is 33.0 Å². The number of furan rings is 1. The highest BCUT2D eigenvalue weighted by molar-refractivity contribution is 5.79. The Morgan fingerprint density at radius 1 is 1.19 bits per heavy atom. The lowest BCUT2D eigenvalue weighted by atomic mass is 9.96. The minimum absolute atomic E-state index is 0.319. The van der Waals surface area contributed by atoms with Crippen molar-refractivity contribution in [1.29, 1.82) is 0 Å². The SMILES string of the molecule is CCNC(=NCc1ccc(N2CCN(CC)CC2)nc1)NCC(C)(O)c1cc(C)oc1C. The summed E-state index contributed by atoms with van der Waals surface area (Å²) >= 11 is 0. The van der Waals surface area contributed by atoms with E-state index in [-0.39, 0.29) is 0 Å². The zero-order valence-electron chi connectivity index (χ0n) is 20.1. The predicted octanol–water partition coefficient (Wildman–Crippen LogP) is 2.40. The Morgan fingerprint density at radius 3 is 2.50 bits per heavy atom. The number of rotatable bonds is 8. The van der Waals surface area contributed by atoms with E-state index in [4.69, 9.17) is 4.42 Å². The quantitative estimate of drug-likeness (QED) is 0.427. The number of aromatic nitrogens is 1. The maximum absolute atomic E-state index is 10.9. The second-order valence-corrected chi connectivity index (χ2v) is 8.60. The molecular weight excluding hydrogens is 404 g/mol. The lowest BCUT2D eigenvalue weighted by molar-refractivity contribution is 0.0601. The van der Waals surface area contributed by atoms with Crippen molar-refractivity contribution in [3.63, 3.8) is 0 Å². The van der Waals surface area contributed by atoms with Crippen LogP contribution >= 0.6 is 0 Å². The van der Waals surface area contributed by atoms with Crippen molar-refractivity contribution >= 4 is 11.8 Å². The van der Waals surface area contributed by atoms with Crippen LogP contribution in [-0.2, 0) is 12.1 Å². The van der Waals surface area contributed by atoms with Gasteiger partial charge in [-0.2, -0.15) is 0 Å². The molecule has 176 valence electrons. The van der Waals surface area contributed by atoms with Crippen LogP contribution < -0.4 is 15.5 Å². The van der Waals surface area contributed by atoms with E-state index in [1.165, 1.54) is 0 Å². The Kier molecular flexibility index (Phi) is 8.15. The number of guanidine groups is 1. The van der Waals surface area contributed by atoms with Crippen LogP contribution in [0.25, 0.3) is 0 Å². The highest BCUT2D eigenvalue weighted by Crippen LogP contribution is 2.26. The lowest BCUT2D eigenvalue weighted by Gasteiger charge is -2.34. The first-order valence-electron chi connectivity index (χ1n) is 11.6. The largest absolute Gasteiger partial charge is 0.466 e. The Morgan fingerprint density at radius 2 is 1.94 bits per heavy atom. The van der Waals surface area contributed by atoms with Crippen LogP contribution in [0.3, 0.4) is 0 Å². The number of nitrogens with one attached hydrogen (secondary N) is 2. The number of aliphatic imine (C=N–C) groups is 1. The van der Waals surface area contributed by atoms with Gasteiger partial charge in [-0.15, -0.1) is 0 Å². The first-order chi connectivity index (χ1) is 15.3. The molecule has 3 rings (SSSR count). The van der Waals surface area contributed by atoms with Crippen molar-refractivity contribution in [2.45, 2.75) is 46.8 Å². The van der Waals surface area contributed by atoms with E-state index in [9.17, 15) is 5.11 Å². The van der Waals surface area contributed by atoms with Crippen LogP contribution in [-0.4, -0.2) is 66.8 Å². The molecule has 1 fully saturated rings. The van der Waals surface area contributed by atoms with Gasteiger partial charge in [-0.05, 0) is 51.9 Å². The number of aryl methyl sites for hydroxylation is 2. The van der Waals surface area contributed by atoms with Gasteiger partial charge in [-0.3, -0.25) is 0 Å². The fourth-order valence-corrected chi connectivity index (χ4v) is 4.02. The van der Waals surface area contributed by atoms with E-state index in [0.29, 0.717) is 19.0 Å². The van der Waals surface area contributed by atoms with Crippen LogP contribution in [0.2, 0.25) is 0 Å². The van der Waals surface area contributed by atoms with E-state index in [1.54, 1.807) is 6.92 Å². The summed E-state index contributed by atoms with van der Waals surface area (Å²) in [6.45, 7) is 16.6. The molecule has 1 aliphatic heterocycles. The number of anilines is 1. The number of nitrogens with zero attached hydrogens (tertiary/aromatic N) is 4. The molecule has 1 unspecified atom stereocenters. The highest BCUT2D eigenvalue weighted by atomic mass is 16.3. The molecule has 0 aliphatic carbocycles. The molecule has 3 heterocycles. The van der Waals surface area contributed by atoms with Gasteiger partial charge in [0.2, 0.25) is 0 Å². The van der Waals surface area contributed by atoms with Gasteiger partial charge in [0.1, 0.15) is 22.9 Å². The molecule has 0 saturated carbocycles. The summed E-state index contributed by atoms with van der Waals surface area (Å²) in [6, 6.07) is 6.06. The maximum Gasteiger partial charge on any atom is 0.191 e. The average Bonchev–Trinajstić information content (AvgIpc) is 3.15. The van der Waals surface area contributed by atoms with Crippen molar-refractivity contribution < 1.29 is 9.52 Å². The molecule has 0 amide bonds. The van der Waals surface area contributed by atoms with E-state index in [2.05, 4.69) is 49.5 Å². The molecule has 0 spiro atoms. The van der Waals surface area contributed by atoms with E-state index >= 15 is 0 Å². The summed E-state index contributed by atoms with van der Waals surface area (Å²) in [4.78, 5) is 14.1.